The van der Waals surface area contributed by atoms with Gasteiger partial charge in [-0.2, -0.15) is 0 Å². The molecule has 0 bridgehead atoms. The molecule has 0 heterocycles. The molecule has 0 saturated carbocycles. The van der Waals surface area contributed by atoms with Crippen molar-refractivity contribution in [3.05, 3.63) is 34.6 Å². The topological polar surface area (TPSA) is 35.2 Å². The monoisotopic (exact) mass is 231 g/mol. The SMILES string of the molecule is CCC(N)COCc1ccc(Cl)cc1F. The van der Waals surface area contributed by atoms with Gasteiger partial charge in [0, 0.05) is 16.6 Å². The number of rotatable bonds is 5. The van der Waals surface area contributed by atoms with Gasteiger partial charge in [0.2, 0.25) is 0 Å². The molecule has 0 aliphatic heterocycles. The zero-order valence-electron chi connectivity index (χ0n) is 8.67. The molecule has 1 aromatic rings. The van der Waals surface area contributed by atoms with E-state index in [1.807, 2.05) is 6.92 Å². The molecule has 0 aliphatic rings. The minimum Gasteiger partial charge on any atom is -0.375 e. The summed E-state index contributed by atoms with van der Waals surface area (Å²) in [6.07, 6.45) is 0.850. The lowest BCUT2D eigenvalue weighted by Crippen LogP contribution is -2.24. The predicted molar refractivity (Wildman–Crippen MR) is 59.3 cm³/mol. The van der Waals surface area contributed by atoms with E-state index in [0.717, 1.165) is 6.42 Å². The van der Waals surface area contributed by atoms with Gasteiger partial charge in [-0.25, -0.2) is 4.39 Å². The Morgan fingerprint density at radius 3 is 2.87 bits per heavy atom. The number of ether oxygens (including phenoxy) is 1. The quantitative estimate of drug-likeness (QED) is 0.846. The van der Waals surface area contributed by atoms with Gasteiger partial charge in [-0.15, -0.1) is 0 Å². The Bertz CT molecular complexity index is 319. The summed E-state index contributed by atoms with van der Waals surface area (Å²) < 4.78 is 18.5. The summed E-state index contributed by atoms with van der Waals surface area (Å²) in [5.41, 5.74) is 6.16. The lowest BCUT2D eigenvalue weighted by Gasteiger charge is -2.10. The average molecular weight is 232 g/mol. The van der Waals surface area contributed by atoms with Gasteiger partial charge < -0.3 is 10.5 Å². The Morgan fingerprint density at radius 2 is 2.27 bits per heavy atom. The lowest BCUT2D eigenvalue weighted by molar-refractivity contribution is 0.105. The van der Waals surface area contributed by atoms with Crippen molar-refractivity contribution < 1.29 is 9.13 Å². The molecular weight excluding hydrogens is 217 g/mol. The van der Waals surface area contributed by atoms with Crippen molar-refractivity contribution in [2.24, 2.45) is 5.73 Å². The van der Waals surface area contributed by atoms with Crippen LogP contribution in [-0.4, -0.2) is 12.6 Å². The molecule has 1 aromatic carbocycles. The van der Waals surface area contributed by atoms with E-state index >= 15 is 0 Å². The molecule has 1 atom stereocenters. The summed E-state index contributed by atoms with van der Waals surface area (Å²) in [6.45, 7) is 2.66. The van der Waals surface area contributed by atoms with E-state index in [0.29, 0.717) is 17.2 Å². The van der Waals surface area contributed by atoms with Crippen LogP contribution >= 0.6 is 11.6 Å². The fraction of sp³-hybridized carbons (Fsp3) is 0.455. The van der Waals surface area contributed by atoms with Crippen LogP contribution in [0.3, 0.4) is 0 Å². The first-order chi connectivity index (χ1) is 7.13. The second kappa shape index (κ2) is 6.05. The molecule has 15 heavy (non-hydrogen) atoms. The molecule has 0 saturated heterocycles. The molecule has 1 unspecified atom stereocenters. The van der Waals surface area contributed by atoms with E-state index in [9.17, 15) is 4.39 Å². The highest BCUT2D eigenvalue weighted by atomic mass is 35.5. The molecule has 2 N–H and O–H groups in total. The van der Waals surface area contributed by atoms with Crippen molar-refractivity contribution in [1.82, 2.24) is 0 Å². The first kappa shape index (κ1) is 12.4. The third-order valence-corrected chi connectivity index (χ3v) is 2.36. The molecule has 1 rings (SSSR count). The molecule has 4 heteroatoms. The number of hydrogen-bond acceptors (Lipinski definition) is 2. The molecule has 0 amide bonds. The largest absolute Gasteiger partial charge is 0.375 e. The first-order valence-electron chi connectivity index (χ1n) is 4.90. The van der Waals surface area contributed by atoms with Crippen LogP contribution in [-0.2, 0) is 11.3 Å². The van der Waals surface area contributed by atoms with Gasteiger partial charge in [0.25, 0.3) is 0 Å². The predicted octanol–water partition coefficient (Wildman–Crippen LogP) is 2.73. The third kappa shape index (κ3) is 4.16. The molecule has 84 valence electrons. The highest BCUT2D eigenvalue weighted by Crippen LogP contribution is 2.15. The van der Waals surface area contributed by atoms with Gasteiger partial charge in [-0.3, -0.25) is 0 Å². The van der Waals surface area contributed by atoms with Gasteiger partial charge in [-0.05, 0) is 18.6 Å². The van der Waals surface area contributed by atoms with Crippen LogP contribution < -0.4 is 5.73 Å². The Morgan fingerprint density at radius 1 is 1.53 bits per heavy atom. The summed E-state index contributed by atoms with van der Waals surface area (Å²) in [7, 11) is 0. The summed E-state index contributed by atoms with van der Waals surface area (Å²) in [4.78, 5) is 0. The molecule has 2 nitrogen and oxygen atoms in total. The lowest BCUT2D eigenvalue weighted by atomic mass is 10.2. The van der Waals surface area contributed by atoms with Crippen LogP contribution in [0.2, 0.25) is 5.02 Å². The van der Waals surface area contributed by atoms with Gasteiger partial charge in [0.05, 0.1) is 13.2 Å². The summed E-state index contributed by atoms with van der Waals surface area (Å²) in [6, 6.07) is 4.55. The summed E-state index contributed by atoms with van der Waals surface area (Å²) in [5.74, 6) is -0.340. The smallest absolute Gasteiger partial charge is 0.130 e. The minimum atomic E-state index is -0.340. The van der Waals surface area contributed by atoms with Crippen LogP contribution in [0.4, 0.5) is 4.39 Å². The number of halogens is 2. The van der Waals surface area contributed by atoms with Crippen LogP contribution in [0.1, 0.15) is 18.9 Å². The maximum absolute atomic E-state index is 13.3. The van der Waals surface area contributed by atoms with Crippen LogP contribution in [0.5, 0.6) is 0 Å². The Hall–Kier alpha value is -0.640. The van der Waals surface area contributed by atoms with Gasteiger partial charge in [0.1, 0.15) is 5.82 Å². The van der Waals surface area contributed by atoms with E-state index in [1.54, 1.807) is 12.1 Å². The Labute approximate surface area is 94.2 Å². The van der Waals surface area contributed by atoms with E-state index in [2.05, 4.69) is 0 Å². The molecule has 0 spiro atoms. The molecule has 0 aromatic heterocycles. The normalized spacial score (nSPS) is 12.8. The van der Waals surface area contributed by atoms with Crippen molar-refractivity contribution in [1.29, 1.82) is 0 Å². The van der Waals surface area contributed by atoms with Gasteiger partial charge in [0.15, 0.2) is 0 Å². The Balaban J connectivity index is 2.44. The molecule has 0 fully saturated rings. The van der Waals surface area contributed by atoms with Crippen molar-refractivity contribution in [2.45, 2.75) is 26.0 Å². The number of hydrogen-bond donors (Lipinski definition) is 1. The van der Waals surface area contributed by atoms with E-state index < -0.39 is 0 Å². The number of benzene rings is 1. The minimum absolute atomic E-state index is 0.0142. The fourth-order valence-corrected chi connectivity index (χ4v) is 1.24. The number of nitrogens with two attached hydrogens (primary N) is 1. The maximum atomic E-state index is 13.3. The van der Waals surface area contributed by atoms with E-state index in [4.69, 9.17) is 22.1 Å². The van der Waals surface area contributed by atoms with Crippen LogP contribution in [0.25, 0.3) is 0 Å². The second-order valence-electron chi connectivity index (χ2n) is 3.42. The third-order valence-electron chi connectivity index (χ3n) is 2.13. The van der Waals surface area contributed by atoms with E-state index in [1.165, 1.54) is 6.07 Å². The molecule has 0 aliphatic carbocycles. The van der Waals surface area contributed by atoms with Crippen LogP contribution in [0, 0.1) is 5.82 Å². The zero-order chi connectivity index (χ0) is 11.3. The summed E-state index contributed by atoms with van der Waals surface area (Å²) >= 11 is 5.62. The standard InChI is InChI=1S/C11H15ClFNO/c1-2-10(14)7-15-6-8-3-4-9(12)5-11(8)13/h3-5,10H,2,6-7,14H2,1H3. The Kier molecular flexibility index (Phi) is 5.02. The zero-order valence-corrected chi connectivity index (χ0v) is 9.43. The fourth-order valence-electron chi connectivity index (χ4n) is 1.08. The van der Waals surface area contributed by atoms with Gasteiger partial charge >= 0.3 is 0 Å². The van der Waals surface area contributed by atoms with Crippen molar-refractivity contribution >= 4 is 11.6 Å². The van der Waals surface area contributed by atoms with E-state index in [-0.39, 0.29) is 18.5 Å². The molecular formula is C11H15ClFNO. The van der Waals surface area contributed by atoms with Crippen LogP contribution in [0.15, 0.2) is 18.2 Å². The second-order valence-corrected chi connectivity index (χ2v) is 3.86. The summed E-state index contributed by atoms with van der Waals surface area (Å²) in [5, 5.41) is 0.390. The van der Waals surface area contributed by atoms with Gasteiger partial charge in [-0.1, -0.05) is 24.6 Å². The van der Waals surface area contributed by atoms with Crippen molar-refractivity contribution in [2.75, 3.05) is 6.61 Å². The maximum Gasteiger partial charge on any atom is 0.130 e. The molecule has 0 radical (unpaired) electrons. The van der Waals surface area contributed by atoms with Crippen molar-refractivity contribution in [3.63, 3.8) is 0 Å². The first-order valence-corrected chi connectivity index (χ1v) is 5.28. The average Bonchev–Trinajstić information content (AvgIpc) is 2.21. The van der Waals surface area contributed by atoms with Crippen molar-refractivity contribution in [3.8, 4) is 0 Å². The highest BCUT2D eigenvalue weighted by Gasteiger charge is 2.04. The highest BCUT2D eigenvalue weighted by molar-refractivity contribution is 6.30.